The van der Waals surface area contributed by atoms with E-state index in [2.05, 4.69) is 9.82 Å². The highest BCUT2D eigenvalue weighted by atomic mass is 32.2. The number of aromatic carboxylic acids is 1. The van der Waals surface area contributed by atoms with Crippen molar-refractivity contribution in [1.29, 1.82) is 0 Å². The lowest BCUT2D eigenvalue weighted by atomic mass is 10.1. The molecule has 0 unspecified atom stereocenters. The molecule has 0 fully saturated rings. The predicted molar refractivity (Wildman–Crippen MR) is 135 cm³/mol. The van der Waals surface area contributed by atoms with Crippen molar-refractivity contribution in [3.63, 3.8) is 0 Å². The quantitative estimate of drug-likeness (QED) is 0.407. The molecule has 0 spiro atoms. The van der Waals surface area contributed by atoms with Gasteiger partial charge in [0.1, 0.15) is 0 Å². The van der Waals surface area contributed by atoms with Crippen LogP contribution >= 0.6 is 0 Å². The number of hydrogen-bond donors (Lipinski definition) is 2. The Bertz CT molecular complexity index is 1360. The SMILES string of the molecule is CCn1nc(C)c(CCN(C)c2ccc(NS(=O)(=O)c3ccc(C(C)=O)cc3)cc2C(=O)O)c1C. The first-order chi connectivity index (χ1) is 16.4. The lowest BCUT2D eigenvalue weighted by Crippen LogP contribution is -2.23. The minimum Gasteiger partial charge on any atom is -0.478 e. The van der Waals surface area contributed by atoms with Gasteiger partial charge in [0.05, 0.1) is 21.8 Å². The summed E-state index contributed by atoms with van der Waals surface area (Å²) >= 11 is 0. The normalized spacial score (nSPS) is 11.3. The maximum absolute atomic E-state index is 12.8. The molecular weight excluding hydrogens is 468 g/mol. The van der Waals surface area contributed by atoms with E-state index in [4.69, 9.17) is 0 Å². The molecule has 3 rings (SSSR count). The fourth-order valence-electron chi connectivity index (χ4n) is 3.99. The van der Waals surface area contributed by atoms with E-state index in [0.717, 1.165) is 23.5 Å². The van der Waals surface area contributed by atoms with E-state index >= 15 is 0 Å². The zero-order valence-electron chi connectivity index (χ0n) is 20.5. The Balaban J connectivity index is 1.81. The van der Waals surface area contributed by atoms with Crippen molar-refractivity contribution in [3.05, 3.63) is 70.5 Å². The van der Waals surface area contributed by atoms with E-state index in [0.29, 0.717) is 24.2 Å². The maximum Gasteiger partial charge on any atom is 0.337 e. The van der Waals surface area contributed by atoms with E-state index in [-0.39, 0.29) is 21.9 Å². The van der Waals surface area contributed by atoms with E-state index in [1.807, 2.05) is 30.4 Å². The molecule has 1 aromatic heterocycles. The van der Waals surface area contributed by atoms with Crippen LogP contribution in [0, 0.1) is 13.8 Å². The first-order valence-electron chi connectivity index (χ1n) is 11.2. The summed E-state index contributed by atoms with van der Waals surface area (Å²) in [6.45, 7) is 8.76. The number of aryl methyl sites for hydroxylation is 2. The number of carboxylic acids is 1. The predicted octanol–water partition coefficient (Wildman–Crippen LogP) is 3.90. The second kappa shape index (κ2) is 10.3. The minimum atomic E-state index is -3.96. The van der Waals surface area contributed by atoms with Gasteiger partial charge >= 0.3 is 5.97 Å². The van der Waals surface area contributed by atoms with Gasteiger partial charge in [-0.05, 0) is 70.0 Å². The van der Waals surface area contributed by atoms with E-state index < -0.39 is 16.0 Å². The van der Waals surface area contributed by atoms with E-state index in [1.54, 1.807) is 13.1 Å². The molecule has 0 aliphatic carbocycles. The van der Waals surface area contributed by atoms with Crippen LogP contribution in [0.5, 0.6) is 0 Å². The first-order valence-corrected chi connectivity index (χ1v) is 12.7. The van der Waals surface area contributed by atoms with Gasteiger partial charge in [0, 0.05) is 37.1 Å². The Morgan fingerprint density at radius 1 is 1.11 bits per heavy atom. The van der Waals surface area contributed by atoms with Crippen molar-refractivity contribution >= 4 is 33.2 Å². The monoisotopic (exact) mass is 498 g/mol. The number of likely N-dealkylation sites (N-methyl/N-ethyl adjacent to an activating group) is 1. The molecule has 2 N–H and O–H groups in total. The summed E-state index contributed by atoms with van der Waals surface area (Å²) < 4.78 is 29.9. The van der Waals surface area contributed by atoms with Gasteiger partial charge in [0.25, 0.3) is 10.0 Å². The summed E-state index contributed by atoms with van der Waals surface area (Å²) in [5, 5.41) is 14.3. The van der Waals surface area contributed by atoms with Gasteiger partial charge in [-0.3, -0.25) is 14.2 Å². The highest BCUT2D eigenvalue weighted by molar-refractivity contribution is 7.92. The van der Waals surface area contributed by atoms with E-state index in [1.165, 1.54) is 43.3 Å². The number of rotatable bonds is 10. The van der Waals surface area contributed by atoms with Gasteiger partial charge in [0.15, 0.2) is 5.78 Å². The molecular formula is C25H30N4O5S. The molecule has 0 aliphatic rings. The zero-order valence-corrected chi connectivity index (χ0v) is 21.3. The van der Waals surface area contributed by atoms with Crippen LogP contribution in [0.2, 0.25) is 0 Å². The van der Waals surface area contributed by atoms with Crippen LogP contribution in [0.15, 0.2) is 47.4 Å². The number of carbonyl (C=O) groups excluding carboxylic acids is 1. The molecule has 2 aromatic carbocycles. The van der Waals surface area contributed by atoms with Crippen LogP contribution < -0.4 is 9.62 Å². The van der Waals surface area contributed by atoms with Crippen LogP contribution in [0.4, 0.5) is 11.4 Å². The Hall–Kier alpha value is -3.66. The van der Waals surface area contributed by atoms with Crippen LogP contribution in [-0.4, -0.2) is 48.6 Å². The van der Waals surface area contributed by atoms with Crippen molar-refractivity contribution in [2.75, 3.05) is 23.2 Å². The number of hydrogen-bond acceptors (Lipinski definition) is 6. The van der Waals surface area contributed by atoms with Crippen molar-refractivity contribution in [3.8, 4) is 0 Å². The van der Waals surface area contributed by atoms with Gasteiger partial charge in [-0.15, -0.1) is 0 Å². The Morgan fingerprint density at radius 3 is 2.31 bits per heavy atom. The highest BCUT2D eigenvalue weighted by Gasteiger charge is 2.19. The zero-order chi connectivity index (χ0) is 25.9. The molecule has 0 saturated carbocycles. The average Bonchev–Trinajstić information content (AvgIpc) is 3.09. The van der Waals surface area contributed by atoms with Gasteiger partial charge in [-0.2, -0.15) is 5.10 Å². The smallest absolute Gasteiger partial charge is 0.337 e. The molecule has 0 atom stereocenters. The number of anilines is 2. The van der Waals surface area contributed by atoms with Crippen LogP contribution in [0.3, 0.4) is 0 Å². The Morgan fingerprint density at radius 2 is 1.77 bits per heavy atom. The third-order valence-corrected chi connectivity index (χ3v) is 7.39. The molecule has 0 radical (unpaired) electrons. The van der Waals surface area contributed by atoms with E-state index in [9.17, 15) is 23.1 Å². The number of benzene rings is 2. The summed E-state index contributed by atoms with van der Waals surface area (Å²) in [4.78, 5) is 25.2. The summed E-state index contributed by atoms with van der Waals surface area (Å²) in [7, 11) is -2.16. The van der Waals surface area contributed by atoms with Gasteiger partial charge in [0.2, 0.25) is 0 Å². The number of nitrogens with one attached hydrogen (secondary N) is 1. The molecule has 186 valence electrons. The summed E-state index contributed by atoms with van der Waals surface area (Å²) in [6.07, 6.45) is 0.692. The fourth-order valence-corrected chi connectivity index (χ4v) is 5.04. The summed E-state index contributed by atoms with van der Waals surface area (Å²) in [5.74, 6) is -1.33. The molecule has 0 amide bonds. The van der Waals surface area contributed by atoms with Gasteiger partial charge < -0.3 is 10.0 Å². The molecule has 0 saturated heterocycles. The van der Waals surface area contributed by atoms with Crippen LogP contribution in [0.25, 0.3) is 0 Å². The largest absolute Gasteiger partial charge is 0.478 e. The van der Waals surface area contributed by atoms with Crippen LogP contribution in [-0.2, 0) is 23.0 Å². The molecule has 9 nitrogen and oxygen atoms in total. The molecule has 0 bridgehead atoms. The van der Waals surface area contributed by atoms with Crippen molar-refractivity contribution in [2.45, 2.75) is 45.6 Å². The lowest BCUT2D eigenvalue weighted by Gasteiger charge is -2.22. The standard InChI is InChI=1S/C25H30N4O5S/c1-6-29-17(3)22(16(2)26-29)13-14-28(5)24-12-9-20(15-23(24)25(31)32)27-35(33,34)21-10-7-19(8-11-21)18(4)30/h7-12,15,27H,6,13-14H2,1-5H3,(H,31,32). The molecule has 10 heteroatoms. The number of Topliss-reactive ketones (excluding diaryl/α,β-unsaturated/α-hetero) is 1. The molecule has 35 heavy (non-hydrogen) atoms. The third-order valence-electron chi connectivity index (χ3n) is 5.99. The molecule has 1 heterocycles. The summed E-state index contributed by atoms with van der Waals surface area (Å²) in [5.41, 5.74) is 4.18. The van der Waals surface area contributed by atoms with Crippen LogP contribution in [0.1, 0.15) is 51.5 Å². The first kappa shape index (κ1) is 26.0. The fraction of sp³-hybridized carbons (Fsp3) is 0.320. The number of nitrogens with zero attached hydrogens (tertiary/aromatic N) is 3. The van der Waals surface area contributed by atoms with Crippen molar-refractivity contribution in [1.82, 2.24) is 9.78 Å². The van der Waals surface area contributed by atoms with Gasteiger partial charge in [-0.1, -0.05) is 12.1 Å². The molecule has 0 aliphatic heterocycles. The van der Waals surface area contributed by atoms with Crippen molar-refractivity contribution in [2.24, 2.45) is 0 Å². The Kier molecular flexibility index (Phi) is 7.64. The topological polar surface area (TPSA) is 122 Å². The minimum absolute atomic E-state index is 0.0164. The van der Waals surface area contributed by atoms with Crippen molar-refractivity contribution < 1.29 is 23.1 Å². The lowest BCUT2D eigenvalue weighted by molar-refractivity contribution is 0.0697. The summed E-state index contributed by atoms with van der Waals surface area (Å²) in [6, 6.07) is 9.98. The second-order valence-electron chi connectivity index (χ2n) is 8.36. The third kappa shape index (κ3) is 5.71. The number of sulfonamides is 1. The van der Waals surface area contributed by atoms with Gasteiger partial charge in [-0.25, -0.2) is 13.2 Å². The number of carbonyl (C=O) groups is 2. The Labute approximate surface area is 205 Å². The number of aromatic nitrogens is 2. The average molecular weight is 499 g/mol. The number of carboxylic acid groups (broad SMARTS) is 1. The second-order valence-corrected chi connectivity index (χ2v) is 10.0. The number of ketones is 1. The maximum atomic E-state index is 12.8. The molecule has 3 aromatic rings. The highest BCUT2D eigenvalue weighted by Crippen LogP contribution is 2.26.